The van der Waals surface area contributed by atoms with Gasteiger partial charge in [0.15, 0.2) is 18.0 Å². The van der Waals surface area contributed by atoms with Crippen LogP contribution in [0.25, 0.3) is 0 Å². The minimum absolute atomic E-state index is 0.0539. The second-order valence-corrected chi connectivity index (χ2v) is 14.4. The van der Waals surface area contributed by atoms with E-state index in [0.717, 1.165) is 29.3 Å². The molecule has 7 atom stereocenters. The van der Waals surface area contributed by atoms with Gasteiger partial charge in [-0.05, 0) is 115 Å². The molecule has 2 aromatic rings. The number of allylic oxidation sites excluding steroid dienone is 4. The minimum atomic E-state index is -1.45. The largest absolute Gasteiger partial charge is 0.454 e. The van der Waals surface area contributed by atoms with Gasteiger partial charge in [0.1, 0.15) is 0 Å². The van der Waals surface area contributed by atoms with Crippen molar-refractivity contribution in [2.45, 2.75) is 58.5 Å². The van der Waals surface area contributed by atoms with E-state index in [1.54, 1.807) is 48.5 Å². The number of halogens is 1. The SMILES string of the molecule is C[C@H]1C[C@H]2[C@@H]3CCC4=CC(=O)C=C[C@]4(C)[C@H]3CC[C@]2(C)[C@]1(OC(=O)c1cccc(I)c1)C(=O)COC(=O)c1ccccc1. The Kier molecular flexibility index (Phi) is 7.76. The Labute approximate surface area is 266 Å². The van der Waals surface area contributed by atoms with Gasteiger partial charge in [0.05, 0.1) is 11.1 Å². The summed E-state index contributed by atoms with van der Waals surface area (Å²) < 4.78 is 13.0. The third-order valence-electron chi connectivity index (χ3n) is 11.2. The van der Waals surface area contributed by atoms with Gasteiger partial charge in [-0.25, -0.2) is 9.59 Å². The van der Waals surface area contributed by atoms with Gasteiger partial charge in [0.2, 0.25) is 5.78 Å². The number of esters is 2. The second kappa shape index (κ2) is 11.1. The first-order valence-corrected chi connectivity index (χ1v) is 16.3. The number of ether oxygens (including phenoxy) is 2. The lowest BCUT2D eigenvalue weighted by atomic mass is 9.47. The monoisotopic (exact) mass is 692 g/mol. The Bertz CT molecular complexity index is 1540. The molecular weight excluding hydrogens is 655 g/mol. The number of rotatable bonds is 6. The van der Waals surface area contributed by atoms with Crippen molar-refractivity contribution in [3.8, 4) is 0 Å². The Morgan fingerprint density at radius 2 is 1.70 bits per heavy atom. The number of Topliss-reactive ketones (excluding diaryl/α,β-unsaturated/α-hetero) is 1. The molecule has 43 heavy (non-hydrogen) atoms. The summed E-state index contributed by atoms with van der Waals surface area (Å²) in [5.74, 6) is -0.939. The molecule has 0 spiro atoms. The third-order valence-corrected chi connectivity index (χ3v) is 11.8. The molecule has 3 fully saturated rings. The predicted octanol–water partition coefficient (Wildman–Crippen LogP) is 7.17. The molecule has 4 aliphatic rings. The Morgan fingerprint density at radius 1 is 0.953 bits per heavy atom. The standard InChI is InChI=1S/C36H37IO6/c1-22-18-30-28-13-12-25-20-27(38)14-16-34(25,2)29(28)15-17-35(30,3)36(22,43-33(41)24-10-7-11-26(37)19-24)31(39)21-42-32(40)23-8-5-4-6-9-23/h4-11,14,16,19-20,22,28-30H,12-13,15,17-18,21H2,1-3H3/t22-,28+,29-,30-,34-,35-,36+/m0/s1. The highest BCUT2D eigenvalue weighted by Gasteiger charge is 2.71. The van der Waals surface area contributed by atoms with E-state index in [1.165, 1.54) is 5.57 Å². The van der Waals surface area contributed by atoms with E-state index < -0.39 is 29.6 Å². The van der Waals surface area contributed by atoms with Crippen LogP contribution in [0.5, 0.6) is 0 Å². The lowest BCUT2D eigenvalue weighted by Crippen LogP contribution is -2.61. The van der Waals surface area contributed by atoms with Crippen LogP contribution in [0.15, 0.2) is 78.4 Å². The van der Waals surface area contributed by atoms with Crippen LogP contribution >= 0.6 is 22.6 Å². The molecule has 0 unspecified atom stereocenters. The van der Waals surface area contributed by atoms with Crippen molar-refractivity contribution in [3.63, 3.8) is 0 Å². The van der Waals surface area contributed by atoms with Gasteiger partial charge in [-0.2, -0.15) is 0 Å². The quantitative estimate of drug-likeness (QED) is 0.236. The molecule has 224 valence electrons. The van der Waals surface area contributed by atoms with E-state index in [2.05, 4.69) is 42.5 Å². The summed E-state index contributed by atoms with van der Waals surface area (Å²) in [5, 5.41) is 0. The zero-order chi connectivity index (χ0) is 30.6. The summed E-state index contributed by atoms with van der Waals surface area (Å²) in [7, 11) is 0. The highest BCUT2D eigenvalue weighted by Crippen LogP contribution is 2.69. The molecule has 4 aliphatic carbocycles. The number of fused-ring (bicyclic) bond motifs is 5. The van der Waals surface area contributed by atoms with E-state index in [-0.39, 0.29) is 28.8 Å². The van der Waals surface area contributed by atoms with E-state index in [4.69, 9.17) is 9.47 Å². The first-order chi connectivity index (χ1) is 20.5. The van der Waals surface area contributed by atoms with E-state index in [0.29, 0.717) is 29.4 Å². The molecule has 2 aromatic carbocycles. The van der Waals surface area contributed by atoms with Crippen molar-refractivity contribution >= 4 is 46.1 Å². The number of hydrogen-bond acceptors (Lipinski definition) is 6. The van der Waals surface area contributed by atoms with E-state index >= 15 is 0 Å². The van der Waals surface area contributed by atoms with Crippen molar-refractivity contribution in [2.24, 2.45) is 34.5 Å². The van der Waals surface area contributed by atoms with Crippen LogP contribution in [0, 0.1) is 38.1 Å². The average Bonchev–Trinajstić information content (AvgIpc) is 3.23. The molecule has 0 amide bonds. The molecule has 0 aliphatic heterocycles. The first-order valence-electron chi connectivity index (χ1n) is 15.2. The van der Waals surface area contributed by atoms with Crippen LogP contribution in [-0.4, -0.2) is 35.7 Å². The molecular formula is C36H37IO6. The maximum atomic E-state index is 14.5. The molecule has 6 nitrogen and oxygen atoms in total. The average molecular weight is 693 g/mol. The highest BCUT2D eigenvalue weighted by molar-refractivity contribution is 14.1. The van der Waals surface area contributed by atoms with Crippen LogP contribution in [0.1, 0.15) is 73.6 Å². The van der Waals surface area contributed by atoms with Gasteiger partial charge in [0.25, 0.3) is 0 Å². The summed E-state index contributed by atoms with van der Waals surface area (Å²) in [4.78, 5) is 53.4. The zero-order valence-electron chi connectivity index (χ0n) is 24.8. The number of carbonyl (C=O) groups excluding carboxylic acids is 4. The molecule has 0 radical (unpaired) electrons. The highest BCUT2D eigenvalue weighted by atomic mass is 127. The Morgan fingerprint density at radius 3 is 2.44 bits per heavy atom. The summed E-state index contributed by atoms with van der Waals surface area (Å²) in [6.07, 6.45) is 9.65. The van der Waals surface area contributed by atoms with Crippen LogP contribution in [-0.2, 0) is 19.1 Å². The normalized spacial score (nSPS) is 34.3. The Balaban J connectivity index is 1.35. The van der Waals surface area contributed by atoms with Crippen molar-refractivity contribution in [1.82, 2.24) is 0 Å². The predicted molar refractivity (Wildman–Crippen MR) is 170 cm³/mol. The van der Waals surface area contributed by atoms with E-state index in [1.807, 2.05) is 25.1 Å². The van der Waals surface area contributed by atoms with Crippen LogP contribution in [0.3, 0.4) is 0 Å². The van der Waals surface area contributed by atoms with Gasteiger partial charge in [-0.3, -0.25) is 9.59 Å². The minimum Gasteiger partial charge on any atom is -0.454 e. The summed E-state index contributed by atoms with van der Waals surface area (Å²) in [6, 6.07) is 15.8. The first kappa shape index (κ1) is 30.0. The van der Waals surface area contributed by atoms with Gasteiger partial charge in [-0.1, -0.05) is 56.7 Å². The summed E-state index contributed by atoms with van der Waals surface area (Å²) in [5.41, 5.74) is -0.330. The maximum absolute atomic E-state index is 14.5. The fraction of sp³-hybridized carbons (Fsp3) is 0.444. The van der Waals surface area contributed by atoms with Gasteiger partial charge >= 0.3 is 11.9 Å². The van der Waals surface area contributed by atoms with Crippen molar-refractivity contribution in [2.75, 3.05) is 6.61 Å². The molecule has 3 saturated carbocycles. The molecule has 0 heterocycles. The topological polar surface area (TPSA) is 86.7 Å². The summed E-state index contributed by atoms with van der Waals surface area (Å²) in [6.45, 7) is 5.90. The number of carbonyl (C=O) groups is 4. The second-order valence-electron chi connectivity index (χ2n) is 13.2. The molecule has 6 rings (SSSR count). The van der Waals surface area contributed by atoms with Crippen LogP contribution in [0.4, 0.5) is 0 Å². The van der Waals surface area contributed by atoms with Crippen molar-refractivity contribution in [3.05, 3.63) is 93.1 Å². The van der Waals surface area contributed by atoms with Crippen molar-refractivity contribution in [1.29, 1.82) is 0 Å². The summed E-state index contributed by atoms with van der Waals surface area (Å²) >= 11 is 2.16. The number of hydrogen-bond donors (Lipinski definition) is 0. The number of benzene rings is 2. The molecule has 7 heteroatoms. The molecule has 0 bridgehead atoms. The zero-order valence-corrected chi connectivity index (χ0v) is 27.0. The molecule has 0 saturated heterocycles. The maximum Gasteiger partial charge on any atom is 0.339 e. The van der Waals surface area contributed by atoms with Gasteiger partial charge < -0.3 is 9.47 Å². The third kappa shape index (κ3) is 4.82. The molecule has 0 N–H and O–H groups in total. The van der Waals surface area contributed by atoms with Gasteiger partial charge in [0, 0.05) is 20.3 Å². The molecule has 0 aromatic heterocycles. The lowest BCUT2D eigenvalue weighted by molar-refractivity contribution is -0.171. The Hall–Kier alpha value is -3.07. The fourth-order valence-corrected chi connectivity index (χ4v) is 9.65. The van der Waals surface area contributed by atoms with E-state index in [9.17, 15) is 19.2 Å². The van der Waals surface area contributed by atoms with Crippen LogP contribution in [0.2, 0.25) is 0 Å². The van der Waals surface area contributed by atoms with Crippen LogP contribution < -0.4 is 0 Å². The van der Waals surface area contributed by atoms with Gasteiger partial charge in [-0.15, -0.1) is 0 Å². The van der Waals surface area contributed by atoms with Crippen molar-refractivity contribution < 1.29 is 28.7 Å². The smallest absolute Gasteiger partial charge is 0.339 e. The fourth-order valence-electron chi connectivity index (χ4n) is 9.11. The lowest BCUT2D eigenvalue weighted by Gasteiger charge is -2.58. The number of ketones is 2.